The van der Waals surface area contributed by atoms with E-state index in [9.17, 15) is 8.42 Å². The molecule has 0 bridgehead atoms. The fourth-order valence-corrected chi connectivity index (χ4v) is 2.71. The van der Waals surface area contributed by atoms with Crippen LogP contribution in [0.1, 0.15) is 30.6 Å². The summed E-state index contributed by atoms with van der Waals surface area (Å²) in [5.41, 5.74) is 0. The molecule has 1 aromatic rings. The summed E-state index contributed by atoms with van der Waals surface area (Å²) in [5, 5.41) is 2.06. The molecule has 0 saturated heterocycles. The van der Waals surface area contributed by atoms with Crippen molar-refractivity contribution < 1.29 is 13.0 Å². The molecule has 1 rings (SSSR count). The molecule has 0 aromatic carbocycles. The summed E-state index contributed by atoms with van der Waals surface area (Å²) in [4.78, 5) is 1.38. The van der Waals surface area contributed by atoms with Gasteiger partial charge in [0.15, 0.2) is 0 Å². The van der Waals surface area contributed by atoms with Gasteiger partial charge in [-0.2, -0.15) is 8.42 Å². The van der Waals surface area contributed by atoms with Crippen molar-refractivity contribution in [3.63, 3.8) is 0 Å². The predicted octanol–water partition coefficient (Wildman–Crippen LogP) is 2.74. The first-order valence-corrected chi connectivity index (χ1v) is 7.54. The van der Waals surface area contributed by atoms with Crippen molar-refractivity contribution in [2.75, 3.05) is 5.75 Å². The van der Waals surface area contributed by atoms with Crippen LogP contribution in [0.25, 0.3) is 0 Å². The van der Waals surface area contributed by atoms with Crippen molar-refractivity contribution in [2.24, 2.45) is 0 Å². The minimum Gasteiger partial charge on any atom is -0.286 e. The summed E-state index contributed by atoms with van der Waals surface area (Å²) < 4.78 is 29.3. The van der Waals surface area contributed by atoms with Crippen molar-refractivity contribution in [1.29, 1.82) is 0 Å². The molecule has 15 heavy (non-hydrogen) atoms. The molecule has 0 unspecified atom stereocenters. The monoisotopic (exact) mass is 248 g/mol. The second-order valence-electron chi connectivity index (χ2n) is 3.53. The molecule has 86 valence electrons. The zero-order chi connectivity index (χ0) is 11.1. The molecule has 0 aliphatic carbocycles. The summed E-state index contributed by atoms with van der Waals surface area (Å²) in [7, 11) is -3.75. The third-order valence-corrected chi connectivity index (χ3v) is 3.90. The number of thiophene rings is 1. The van der Waals surface area contributed by atoms with Crippen LogP contribution in [0.2, 0.25) is 0 Å². The Morgan fingerprint density at radius 1 is 1.20 bits per heavy atom. The molecule has 1 aromatic heterocycles. The Hall–Kier alpha value is -0.390. The van der Waals surface area contributed by atoms with Crippen molar-refractivity contribution in [3.8, 4) is 0 Å². The van der Waals surface area contributed by atoms with Gasteiger partial charge < -0.3 is 0 Å². The Morgan fingerprint density at radius 2 is 1.93 bits per heavy atom. The van der Waals surface area contributed by atoms with Gasteiger partial charge in [0.25, 0.3) is 10.1 Å². The highest BCUT2D eigenvalue weighted by Gasteiger charge is 2.02. The van der Waals surface area contributed by atoms with Gasteiger partial charge in [0, 0.05) is 4.88 Å². The average Bonchev–Trinajstić information content (AvgIpc) is 2.61. The Bertz CT molecular complexity index is 354. The SMILES string of the molecule is O=S(=O)(O)CCCCCCc1cccs1. The highest BCUT2D eigenvalue weighted by molar-refractivity contribution is 7.85. The van der Waals surface area contributed by atoms with E-state index in [1.165, 1.54) is 4.88 Å². The molecule has 0 saturated carbocycles. The first kappa shape index (κ1) is 12.7. The van der Waals surface area contributed by atoms with Crippen LogP contribution in [0.5, 0.6) is 0 Å². The molecule has 3 nitrogen and oxygen atoms in total. The van der Waals surface area contributed by atoms with Crippen molar-refractivity contribution >= 4 is 21.5 Å². The smallest absolute Gasteiger partial charge is 0.264 e. The third-order valence-electron chi connectivity index (χ3n) is 2.16. The minimum atomic E-state index is -3.75. The van der Waals surface area contributed by atoms with E-state index in [0.717, 1.165) is 25.7 Å². The summed E-state index contributed by atoms with van der Waals surface area (Å²) in [5.74, 6) is -0.105. The van der Waals surface area contributed by atoms with Crippen LogP contribution < -0.4 is 0 Å². The maximum atomic E-state index is 10.4. The number of aryl methyl sites for hydroxylation is 1. The van der Waals surface area contributed by atoms with Gasteiger partial charge >= 0.3 is 0 Å². The quantitative estimate of drug-likeness (QED) is 0.596. The lowest BCUT2D eigenvalue weighted by molar-refractivity contribution is 0.479. The van der Waals surface area contributed by atoms with E-state index in [2.05, 4.69) is 11.4 Å². The normalized spacial score (nSPS) is 11.8. The van der Waals surface area contributed by atoms with E-state index in [1.54, 1.807) is 11.3 Å². The Balaban J connectivity index is 1.99. The molecule has 0 aliphatic rings. The summed E-state index contributed by atoms with van der Waals surface area (Å²) in [6.45, 7) is 0. The minimum absolute atomic E-state index is 0.105. The maximum absolute atomic E-state index is 10.4. The van der Waals surface area contributed by atoms with E-state index in [4.69, 9.17) is 4.55 Å². The fraction of sp³-hybridized carbons (Fsp3) is 0.600. The molecule has 1 N–H and O–H groups in total. The van der Waals surface area contributed by atoms with Gasteiger partial charge in [0.05, 0.1) is 5.75 Å². The highest BCUT2D eigenvalue weighted by Crippen LogP contribution is 2.13. The standard InChI is InChI=1S/C10H16O3S2/c11-15(12,13)9-4-2-1-3-6-10-7-5-8-14-10/h5,7-8H,1-4,6,9H2,(H,11,12,13). The van der Waals surface area contributed by atoms with Gasteiger partial charge in [-0.3, -0.25) is 4.55 Å². The number of hydrogen-bond donors (Lipinski definition) is 1. The third kappa shape index (κ3) is 6.65. The van der Waals surface area contributed by atoms with Crippen LogP contribution in [-0.2, 0) is 16.5 Å². The van der Waals surface area contributed by atoms with Crippen LogP contribution in [0.4, 0.5) is 0 Å². The van der Waals surface area contributed by atoms with Crippen molar-refractivity contribution in [3.05, 3.63) is 22.4 Å². The van der Waals surface area contributed by atoms with Gasteiger partial charge in [-0.05, 0) is 30.7 Å². The van der Waals surface area contributed by atoms with Gasteiger partial charge in [0.1, 0.15) is 0 Å². The highest BCUT2D eigenvalue weighted by atomic mass is 32.2. The Labute approximate surface area is 94.9 Å². The molecular weight excluding hydrogens is 232 g/mol. The average molecular weight is 248 g/mol. The fourth-order valence-electron chi connectivity index (χ4n) is 1.39. The number of rotatable bonds is 7. The van der Waals surface area contributed by atoms with E-state index in [-0.39, 0.29) is 5.75 Å². The Kier molecular flexibility index (Phi) is 5.28. The second kappa shape index (κ2) is 6.25. The van der Waals surface area contributed by atoms with E-state index < -0.39 is 10.1 Å². The van der Waals surface area contributed by atoms with E-state index in [0.29, 0.717) is 6.42 Å². The lowest BCUT2D eigenvalue weighted by atomic mass is 10.1. The lowest BCUT2D eigenvalue weighted by Crippen LogP contribution is -2.03. The molecule has 0 fully saturated rings. The van der Waals surface area contributed by atoms with Gasteiger partial charge in [-0.1, -0.05) is 18.9 Å². The molecule has 1 heterocycles. The summed E-state index contributed by atoms with van der Waals surface area (Å²) in [6, 6.07) is 4.15. The van der Waals surface area contributed by atoms with Crippen LogP contribution in [0, 0.1) is 0 Å². The number of hydrogen-bond acceptors (Lipinski definition) is 3. The van der Waals surface area contributed by atoms with E-state index in [1.807, 2.05) is 6.07 Å². The molecule has 0 radical (unpaired) electrons. The van der Waals surface area contributed by atoms with Gasteiger partial charge in [-0.15, -0.1) is 11.3 Å². The summed E-state index contributed by atoms with van der Waals surface area (Å²) >= 11 is 1.76. The molecule has 0 atom stereocenters. The van der Waals surface area contributed by atoms with Crippen LogP contribution in [0.3, 0.4) is 0 Å². The molecule has 0 aliphatic heterocycles. The van der Waals surface area contributed by atoms with Crippen LogP contribution >= 0.6 is 11.3 Å². The van der Waals surface area contributed by atoms with Gasteiger partial charge in [-0.25, -0.2) is 0 Å². The zero-order valence-electron chi connectivity index (χ0n) is 8.55. The predicted molar refractivity (Wildman–Crippen MR) is 62.9 cm³/mol. The van der Waals surface area contributed by atoms with Crippen molar-refractivity contribution in [2.45, 2.75) is 32.1 Å². The maximum Gasteiger partial charge on any atom is 0.264 e. The largest absolute Gasteiger partial charge is 0.286 e. The molecule has 0 spiro atoms. The first-order valence-electron chi connectivity index (χ1n) is 5.05. The summed E-state index contributed by atoms with van der Waals surface area (Å²) in [6.07, 6.45) is 4.61. The van der Waals surface area contributed by atoms with Crippen molar-refractivity contribution in [1.82, 2.24) is 0 Å². The van der Waals surface area contributed by atoms with Gasteiger partial charge in [0.2, 0.25) is 0 Å². The zero-order valence-corrected chi connectivity index (χ0v) is 10.2. The number of unbranched alkanes of at least 4 members (excludes halogenated alkanes) is 3. The topological polar surface area (TPSA) is 54.4 Å². The second-order valence-corrected chi connectivity index (χ2v) is 6.13. The Morgan fingerprint density at radius 3 is 2.53 bits per heavy atom. The molecule has 0 amide bonds. The first-order chi connectivity index (χ1) is 7.08. The van der Waals surface area contributed by atoms with E-state index >= 15 is 0 Å². The molecular formula is C10H16O3S2. The van der Waals surface area contributed by atoms with Crippen LogP contribution in [0.15, 0.2) is 17.5 Å². The van der Waals surface area contributed by atoms with Crippen LogP contribution in [-0.4, -0.2) is 18.7 Å². The lowest BCUT2D eigenvalue weighted by Gasteiger charge is -1.99. The molecule has 5 heteroatoms.